The minimum atomic E-state index is 0. The minimum Gasteiger partial charge on any atom is -0.299 e. The fourth-order valence-corrected chi connectivity index (χ4v) is 3.54. The molecule has 2 N–H and O–H groups in total. The third kappa shape index (κ3) is 4.04. The number of benzene rings is 3. The van der Waals surface area contributed by atoms with Gasteiger partial charge in [-0.15, -0.1) is 12.4 Å². The monoisotopic (exact) mass is 379 g/mol. The molecule has 0 saturated heterocycles. The number of aromatic nitrogens is 1. The van der Waals surface area contributed by atoms with Crippen LogP contribution in [0.15, 0.2) is 91.0 Å². The first-order valence-electron chi connectivity index (χ1n) is 8.09. The summed E-state index contributed by atoms with van der Waals surface area (Å²) in [6.07, 6.45) is 0. The second-order valence-corrected chi connectivity index (χ2v) is 6.54. The molecule has 5 heteroatoms. The zero-order valence-corrected chi connectivity index (χ0v) is 15.6. The molecule has 0 unspecified atom stereocenters. The Hall–Kier alpha value is -2.82. The lowest BCUT2D eigenvalue weighted by molar-refractivity contribution is 1.33. The van der Waals surface area contributed by atoms with Gasteiger partial charge in [-0.1, -0.05) is 90.2 Å². The molecule has 0 amide bonds. The van der Waals surface area contributed by atoms with Crippen LogP contribution in [0, 0.1) is 0 Å². The van der Waals surface area contributed by atoms with Gasteiger partial charge in [0.1, 0.15) is 0 Å². The molecule has 1 aromatic heterocycles. The maximum atomic E-state index is 4.82. The Morgan fingerprint density at radius 1 is 0.615 bits per heavy atom. The van der Waals surface area contributed by atoms with E-state index in [1.54, 1.807) is 11.3 Å². The molecule has 26 heavy (non-hydrogen) atoms. The van der Waals surface area contributed by atoms with Gasteiger partial charge in [0.25, 0.3) is 0 Å². The molecule has 0 spiro atoms. The van der Waals surface area contributed by atoms with Crippen molar-refractivity contribution in [2.45, 2.75) is 0 Å². The quantitative estimate of drug-likeness (QED) is 0.397. The molecule has 1 heterocycles. The molecule has 3 aromatic carbocycles. The van der Waals surface area contributed by atoms with Crippen molar-refractivity contribution in [3.8, 4) is 21.7 Å². The van der Waals surface area contributed by atoms with Crippen LogP contribution in [0.1, 0.15) is 0 Å². The zero-order valence-electron chi connectivity index (χ0n) is 13.9. The Morgan fingerprint density at radius 2 is 1.15 bits per heavy atom. The van der Waals surface area contributed by atoms with E-state index in [-0.39, 0.29) is 12.4 Å². The van der Waals surface area contributed by atoms with Crippen molar-refractivity contribution in [2.24, 2.45) is 0 Å². The van der Waals surface area contributed by atoms with Crippen LogP contribution < -0.4 is 10.9 Å². The maximum Gasteiger partial charge on any atom is 0.202 e. The predicted octanol–water partition coefficient (Wildman–Crippen LogP) is 6.34. The molecule has 0 aliphatic rings. The summed E-state index contributed by atoms with van der Waals surface area (Å²) >= 11 is 1.64. The van der Waals surface area contributed by atoms with Crippen molar-refractivity contribution in [1.82, 2.24) is 4.98 Å². The summed E-state index contributed by atoms with van der Waals surface area (Å²) in [6.45, 7) is 0. The van der Waals surface area contributed by atoms with Crippen molar-refractivity contribution in [3.63, 3.8) is 0 Å². The molecule has 130 valence electrons. The Balaban J connectivity index is 0.00000196. The summed E-state index contributed by atoms with van der Waals surface area (Å²) in [5.74, 6) is 0. The maximum absolute atomic E-state index is 4.82. The van der Waals surface area contributed by atoms with E-state index < -0.39 is 0 Å². The van der Waals surface area contributed by atoms with Crippen LogP contribution in [0.3, 0.4) is 0 Å². The van der Waals surface area contributed by atoms with Crippen LogP contribution >= 0.6 is 23.7 Å². The van der Waals surface area contributed by atoms with Gasteiger partial charge in [0.2, 0.25) is 5.13 Å². The van der Waals surface area contributed by atoms with Crippen molar-refractivity contribution < 1.29 is 0 Å². The van der Waals surface area contributed by atoms with Crippen molar-refractivity contribution in [3.05, 3.63) is 91.0 Å². The van der Waals surface area contributed by atoms with Crippen molar-refractivity contribution in [1.29, 1.82) is 0 Å². The first-order chi connectivity index (χ1) is 12.4. The van der Waals surface area contributed by atoms with Crippen molar-refractivity contribution >= 4 is 34.6 Å². The number of para-hydroxylation sites is 1. The summed E-state index contributed by atoms with van der Waals surface area (Å²) in [5, 5.41) is 0.835. The normalized spacial score (nSPS) is 10.0. The van der Waals surface area contributed by atoms with Crippen LogP contribution in [0.2, 0.25) is 0 Å². The Bertz CT molecular complexity index is 884. The fraction of sp³-hybridized carbons (Fsp3) is 0. The number of anilines is 2. The average Bonchev–Trinajstić information content (AvgIpc) is 3.13. The summed E-state index contributed by atoms with van der Waals surface area (Å²) in [5.41, 5.74) is 10.7. The molecule has 4 rings (SSSR count). The summed E-state index contributed by atoms with van der Waals surface area (Å²) < 4.78 is 0. The largest absolute Gasteiger partial charge is 0.299 e. The Kier molecular flexibility index (Phi) is 5.89. The molecular weight excluding hydrogens is 362 g/mol. The SMILES string of the molecule is Cl.c1ccc(NNc2nc(-c3ccccc3)c(-c3ccccc3)s2)cc1. The Labute approximate surface area is 163 Å². The highest BCUT2D eigenvalue weighted by Crippen LogP contribution is 2.38. The summed E-state index contributed by atoms with van der Waals surface area (Å²) in [7, 11) is 0. The van der Waals surface area contributed by atoms with Crippen LogP contribution in [0.4, 0.5) is 10.8 Å². The third-order valence-electron chi connectivity index (χ3n) is 3.80. The van der Waals surface area contributed by atoms with Gasteiger partial charge in [-0.05, 0) is 17.7 Å². The number of nitrogens with one attached hydrogen (secondary N) is 2. The molecule has 4 aromatic rings. The van der Waals surface area contributed by atoms with Gasteiger partial charge in [-0.25, -0.2) is 4.98 Å². The number of rotatable bonds is 5. The van der Waals surface area contributed by atoms with E-state index in [2.05, 4.69) is 47.2 Å². The predicted molar refractivity (Wildman–Crippen MR) is 114 cm³/mol. The topological polar surface area (TPSA) is 37.0 Å². The summed E-state index contributed by atoms with van der Waals surface area (Å²) in [6, 6.07) is 30.7. The van der Waals surface area contributed by atoms with Gasteiger partial charge < -0.3 is 0 Å². The number of hydrogen-bond donors (Lipinski definition) is 2. The zero-order chi connectivity index (χ0) is 16.9. The molecule has 0 radical (unpaired) electrons. The number of nitrogens with zero attached hydrogens (tertiary/aromatic N) is 1. The standard InChI is InChI=1S/C21H17N3S.ClH/c1-4-10-16(11-5-1)19-20(17-12-6-2-7-13-17)25-21(22-19)24-23-18-14-8-3-9-15-18;/h1-15,23H,(H,22,24);1H. The molecular formula is C21H18ClN3S. The second kappa shape index (κ2) is 8.52. The van der Waals surface area contributed by atoms with E-state index in [0.717, 1.165) is 27.0 Å². The number of hydrogen-bond acceptors (Lipinski definition) is 4. The molecule has 0 aliphatic carbocycles. The van der Waals surface area contributed by atoms with E-state index in [0.29, 0.717) is 0 Å². The van der Waals surface area contributed by atoms with Crippen LogP contribution in [-0.4, -0.2) is 4.98 Å². The summed E-state index contributed by atoms with van der Waals surface area (Å²) in [4.78, 5) is 5.97. The molecule has 0 atom stereocenters. The van der Waals surface area contributed by atoms with Crippen LogP contribution in [0.25, 0.3) is 21.7 Å². The molecule has 0 fully saturated rings. The van der Waals surface area contributed by atoms with Crippen LogP contribution in [-0.2, 0) is 0 Å². The second-order valence-electron chi connectivity index (χ2n) is 5.54. The smallest absolute Gasteiger partial charge is 0.202 e. The van der Waals surface area contributed by atoms with Gasteiger partial charge in [-0.3, -0.25) is 10.9 Å². The minimum absolute atomic E-state index is 0. The van der Waals surface area contributed by atoms with E-state index in [9.17, 15) is 0 Å². The highest BCUT2D eigenvalue weighted by Gasteiger charge is 2.14. The van der Waals surface area contributed by atoms with E-state index in [1.165, 1.54) is 5.56 Å². The van der Waals surface area contributed by atoms with E-state index in [4.69, 9.17) is 4.98 Å². The van der Waals surface area contributed by atoms with E-state index >= 15 is 0 Å². The highest BCUT2D eigenvalue weighted by molar-refractivity contribution is 7.19. The molecule has 0 aliphatic heterocycles. The first kappa shape index (κ1) is 18.0. The Morgan fingerprint density at radius 3 is 1.77 bits per heavy atom. The van der Waals surface area contributed by atoms with Gasteiger partial charge in [0.05, 0.1) is 16.3 Å². The van der Waals surface area contributed by atoms with Gasteiger partial charge >= 0.3 is 0 Å². The van der Waals surface area contributed by atoms with Crippen LogP contribution in [0.5, 0.6) is 0 Å². The lowest BCUT2D eigenvalue weighted by Gasteiger charge is -2.05. The number of hydrazine groups is 1. The first-order valence-corrected chi connectivity index (χ1v) is 8.90. The van der Waals surface area contributed by atoms with Gasteiger partial charge in [0, 0.05) is 5.56 Å². The lowest BCUT2D eigenvalue weighted by atomic mass is 10.1. The fourth-order valence-electron chi connectivity index (χ4n) is 2.60. The number of halogens is 1. The average molecular weight is 380 g/mol. The molecule has 3 nitrogen and oxygen atoms in total. The molecule has 0 bridgehead atoms. The van der Waals surface area contributed by atoms with Crippen molar-refractivity contribution in [2.75, 3.05) is 10.9 Å². The third-order valence-corrected chi connectivity index (χ3v) is 4.82. The van der Waals surface area contributed by atoms with Gasteiger partial charge in [-0.2, -0.15) is 0 Å². The highest BCUT2D eigenvalue weighted by atomic mass is 35.5. The molecule has 0 saturated carbocycles. The van der Waals surface area contributed by atoms with E-state index in [1.807, 2.05) is 54.6 Å². The lowest BCUT2D eigenvalue weighted by Crippen LogP contribution is -2.07. The number of thiazole rings is 1. The van der Waals surface area contributed by atoms with Gasteiger partial charge in [0.15, 0.2) is 0 Å².